The van der Waals surface area contributed by atoms with Crippen molar-refractivity contribution >= 4 is 17.9 Å². The van der Waals surface area contributed by atoms with Gasteiger partial charge in [0, 0.05) is 19.3 Å². The van der Waals surface area contributed by atoms with Crippen molar-refractivity contribution in [2.45, 2.75) is 355 Å². The molecular formula is C61H118O6. The van der Waals surface area contributed by atoms with Crippen molar-refractivity contribution in [3.63, 3.8) is 0 Å². The molecule has 0 N–H and O–H groups in total. The predicted octanol–water partition coefficient (Wildman–Crippen LogP) is 20.2. The number of ether oxygens (including phenoxy) is 3. The van der Waals surface area contributed by atoms with Crippen LogP contribution in [0.2, 0.25) is 0 Å². The fourth-order valence-electron chi connectivity index (χ4n) is 9.42. The molecule has 6 nitrogen and oxygen atoms in total. The van der Waals surface area contributed by atoms with Gasteiger partial charge in [-0.05, 0) is 25.2 Å². The first-order valence-electron chi connectivity index (χ1n) is 30.4. The summed E-state index contributed by atoms with van der Waals surface area (Å²) in [5.74, 6) is 0.0648. The molecule has 0 aromatic rings. The van der Waals surface area contributed by atoms with Crippen LogP contribution >= 0.6 is 0 Å². The zero-order valence-corrected chi connectivity index (χ0v) is 45.9. The van der Waals surface area contributed by atoms with Crippen molar-refractivity contribution in [2.24, 2.45) is 5.92 Å². The molecule has 0 saturated heterocycles. The lowest BCUT2D eigenvalue weighted by Crippen LogP contribution is -2.30. The first-order valence-corrected chi connectivity index (χ1v) is 30.4. The molecule has 0 aliphatic carbocycles. The average molecular weight is 948 g/mol. The third-order valence-corrected chi connectivity index (χ3v) is 14.4. The average Bonchev–Trinajstić information content (AvgIpc) is 3.33. The monoisotopic (exact) mass is 947 g/mol. The van der Waals surface area contributed by atoms with Crippen LogP contribution < -0.4 is 0 Å². The van der Waals surface area contributed by atoms with Crippen molar-refractivity contribution < 1.29 is 28.6 Å². The highest BCUT2D eigenvalue weighted by molar-refractivity contribution is 5.71. The Morgan fingerprint density at radius 2 is 0.522 bits per heavy atom. The van der Waals surface area contributed by atoms with Gasteiger partial charge < -0.3 is 14.2 Å². The number of esters is 3. The van der Waals surface area contributed by atoms with E-state index in [4.69, 9.17) is 14.2 Å². The molecule has 0 radical (unpaired) electrons. The topological polar surface area (TPSA) is 78.9 Å². The summed E-state index contributed by atoms with van der Waals surface area (Å²) in [5, 5.41) is 0. The van der Waals surface area contributed by atoms with E-state index in [2.05, 4.69) is 27.7 Å². The van der Waals surface area contributed by atoms with Crippen molar-refractivity contribution in [1.82, 2.24) is 0 Å². The Bertz CT molecular complexity index is 1010. The van der Waals surface area contributed by atoms with Gasteiger partial charge in [0.2, 0.25) is 0 Å². The van der Waals surface area contributed by atoms with Gasteiger partial charge in [-0.15, -0.1) is 0 Å². The first kappa shape index (κ1) is 65.4. The van der Waals surface area contributed by atoms with Crippen LogP contribution in [0.4, 0.5) is 0 Å². The lowest BCUT2D eigenvalue weighted by atomic mass is 9.99. The van der Waals surface area contributed by atoms with Crippen LogP contribution in [0.15, 0.2) is 0 Å². The summed E-state index contributed by atoms with van der Waals surface area (Å²) < 4.78 is 16.9. The second-order valence-corrected chi connectivity index (χ2v) is 21.2. The SMILES string of the molecule is CCCCCCCCCCCCCCCCCCCC(=O)O[C@H](COC(=O)CCCCCCCCCCCCCCCC)COC(=O)CCCCCCCCCCCCCCCCC(C)CC. The Hall–Kier alpha value is -1.59. The van der Waals surface area contributed by atoms with E-state index in [0.717, 1.165) is 63.7 Å². The van der Waals surface area contributed by atoms with E-state index in [0.29, 0.717) is 19.3 Å². The van der Waals surface area contributed by atoms with E-state index in [9.17, 15) is 14.4 Å². The second-order valence-electron chi connectivity index (χ2n) is 21.2. The number of carbonyl (C=O) groups excluding carboxylic acids is 3. The molecule has 0 aromatic carbocycles. The number of carbonyl (C=O) groups is 3. The van der Waals surface area contributed by atoms with Crippen molar-refractivity contribution in [3.8, 4) is 0 Å². The smallest absolute Gasteiger partial charge is 0.306 e. The summed E-state index contributed by atoms with van der Waals surface area (Å²) in [6.07, 6.45) is 60.9. The van der Waals surface area contributed by atoms with E-state index in [1.807, 2.05) is 0 Å². The van der Waals surface area contributed by atoms with E-state index in [-0.39, 0.29) is 31.1 Å². The number of hydrogen-bond acceptors (Lipinski definition) is 6. The minimum absolute atomic E-state index is 0.0615. The summed E-state index contributed by atoms with van der Waals surface area (Å²) in [5.41, 5.74) is 0. The quantitative estimate of drug-likeness (QED) is 0.0343. The van der Waals surface area contributed by atoms with Crippen molar-refractivity contribution in [3.05, 3.63) is 0 Å². The van der Waals surface area contributed by atoms with Gasteiger partial charge >= 0.3 is 17.9 Å². The van der Waals surface area contributed by atoms with E-state index in [1.54, 1.807) is 0 Å². The van der Waals surface area contributed by atoms with E-state index >= 15 is 0 Å². The summed E-state index contributed by atoms with van der Waals surface area (Å²) in [4.78, 5) is 38.2. The molecule has 6 heteroatoms. The van der Waals surface area contributed by atoms with Gasteiger partial charge in [-0.25, -0.2) is 0 Å². The molecule has 1 unspecified atom stereocenters. The Morgan fingerprint density at radius 1 is 0.299 bits per heavy atom. The molecule has 398 valence electrons. The molecule has 0 saturated carbocycles. The van der Waals surface area contributed by atoms with Gasteiger partial charge in [0.25, 0.3) is 0 Å². The van der Waals surface area contributed by atoms with Gasteiger partial charge in [-0.3, -0.25) is 14.4 Å². The standard InChI is InChI=1S/C61H118O6/c1-5-8-10-12-14-16-18-20-22-23-24-30-34-38-42-46-50-54-61(64)67-58(55-65-59(62)52-48-44-40-36-32-28-21-19-17-15-13-11-9-6-2)56-66-60(63)53-49-45-41-37-33-29-26-25-27-31-35-39-43-47-51-57(4)7-3/h57-58H,5-56H2,1-4H3/t57?,58-/m1/s1. The summed E-state index contributed by atoms with van der Waals surface area (Å²) in [6, 6.07) is 0. The molecule has 0 amide bonds. The highest BCUT2D eigenvalue weighted by atomic mass is 16.6. The summed E-state index contributed by atoms with van der Waals surface area (Å²) in [7, 11) is 0. The molecule has 2 atom stereocenters. The molecule has 0 aliphatic rings. The van der Waals surface area contributed by atoms with Crippen LogP contribution in [0.25, 0.3) is 0 Å². The van der Waals surface area contributed by atoms with E-state index < -0.39 is 6.10 Å². The predicted molar refractivity (Wildman–Crippen MR) is 289 cm³/mol. The second kappa shape index (κ2) is 55.3. The lowest BCUT2D eigenvalue weighted by Gasteiger charge is -2.18. The Labute approximate surface area is 418 Å². The minimum atomic E-state index is -0.762. The van der Waals surface area contributed by atoms with Gasteiger partial charge in [0.05, 0.1) is 0 Å². The Kier molecular flexibility index (Phi) is 54.0. The first-order chi connectivity index (χ1) is 32.9. The maximum Gasteiger partial charge on any atom is 0.306 e. The Morgan fingerprint density at radius 3 is 0.776 bits per heavy atom. The molecule has 0 rings (SSSR count). The fourth-order valence-corrected chi connectivity index (χ4v) is 9.42. The van der Waals surface area contributed by atoms with Crippen LogP contribution in [-0.4, -0.2) is 37.2 Å². The highest BCUT2D eigenvalue weighted by Crippen LogP contribution is 2.19. The van der Waals surface area contributed by atoms with Gasteiger partial charge in [-0.1, -0.05) is 310 Å². The van der Waals surface area contributed by atoms with Crippen LogP contribution in [0, 0.1) is 5.92 Å². The molecule has 0 heterocycles. The molecule has 0 fully saturated rings. The maximum absolute atomic E-state index is 12.9. The van der Waals surface area contributed by atoms with Crippen LogP contribution in [0.3, 0.4) is 0 Å². The fraction of sp³-hybridized carbons (Fsp3) is 0.951. The normalized spacial score (nSPS) is 12.4. The number of unbranched alkanes of at least 4 members (excludes halogenated alkanes) is 42. The van der Waals surface area contributed by atoms with Gasteiger partial charge in [-0.2, -0.15) is 0 Å². The van der Waals surface area contributed by atoms with E-state index in [1.165, 1.54) is 244 Å². The zero-order chi connectivity index (χ0) is 48.8. The van der Waals surface area contributed by atoms with Crippen LogP contribution in [0.5, 0.6) is 0 Å². The number of hydrogen-bond donors (Lipinski definition) is 0. The highest BCUT2D eigenvalue weighted by Gasteiger charge is 2.19. The Balaban J connectivity index is 4.29. The van der Waals surface area contributed by atoms with Gasteiger partial charge in [0.1, 0.15) is 13.2 Å². The third kappa shape index (κ3) is 53.6. The molecule has 0 aliphatic heterocycles. The van der Waals surface area contributed by atoms with Crippen molar-refractivity contribution in [2.75, 3.05) is 13.2 Å². The number of rotatable bonds is 56. The van der Waals surface area contributed by atoms with Crippen molar-refractivity contribution in [1.29, 1.82) is 0 Å². The van der Waals surface area contributed by atoms with Crippen LogP contribution in [-0.2, 0) is 28.6 Å². The molecule has 0 spiro atoms. The molecular weight excluding hydrogens is 829 g/mol. The molecule has 0 aromatic heterocycles. The zero-order valence-electron chi connectivity index (χ0n) is 45.9. The molecule has 0 bridgehead atoms. The van der Waals surface area contributed by atoms with Crippen LogP contribution in [0.1, 0.15) is 349 Å². The third-order valence-electron chi connectivity index (χ3n) is 14.4. The minimum Gasteiger partial charge on any atom is -0.462 e. The maximum atomic E-state index is 12.9. The molecule has 67 heavy (non-hydrogen) atoms. The largest absolute Gasteiger partial charge is 0.462 e. The summed E-state index contributed by atoms with van der Waals surface area (Å²) in [6.45, 7) is 9.11. The summed E-state index contributed by atoms with van der Waals surface area (Å²) >= 11 is 0. The lowest BCUT2D eigenvalue weighted by molar-refractivity contribution is -0.167. The van der Waals surface area contributed by atoms with Gasteiger partial charge in [0.15, 0.2) is 6.10 Å².